The lowest BCUT2D eigenvalue weighted by molar-refractivity contribution is -0.167. The van der Waals surface area contributed by atoms with E-state index in [-0.39, 0.29) is 23.3 Å². The van der Waals surface area contributed by atoms with Gasteiger partial charge in [0.25, 0.3) is 11.8 Å². The second-order valence-electron chi connectivity index (χ2n) is 6.02. The lowest BCUT2D eigenvalue weighted by Gasteiger charge is -2.18. The van der Waals surface area contributed by atoms with Crippen LogP contribution in [0, 0.1) is 0 Å². The number of carbonyl (C=O) groups is 3. The van der Waals surface area contributed by atoms with Gasteiger partial charge >= 0.3 is 5.97 Å². The number of hydrogen-bond donors (Lipinski definition) is 0. The van der Waals surface area contributed by atoms with Crippen LogP contribution in [0.4, 0.5) is 0 Å². The molecular weight excluding hydrogens is 386 g/mol. The van der Waals surface area contributed by atoms with Crippen LogP contribution < -0.4 is 9.47 Å². The number of hydroxylamine groups is 2. The fourth-order valence-electron chi connectivity index (χ4n) is 2.86. The van der Waals surface area contributed by atoms with Gasteiger partial charge in [-0.1, -0.05) is 17.2 Å². The molecule has 0 N–H and O–H groups in total. The van der Waals surface area contributed by atoms with Crippen LogP contribution in [0.1, 0.15) is 27.1 Å². The summed E-state index contributed by atoms with van der Waals surface area (Å²) in [6, 6.07) is 11.1. The largest absolute Gasteiger partial charge is 0.486 e. The molecule has 2 aromatic carbocycles. The Balaban J connectivity index is 1.36. The standard InChI is InChI=1S/C19H15NO7S/c21-17(27-20-18(22)13-3-1-2-4-14(13)19(20)23)7-10-28(24)12-5-6-15-16(11-12)26-9-8-25-15/h1-6,11H,7-10H2. The highest BCUT2D eigenvalue weighted by Crippen LogP contribution is 2.32. The predicted octanol–water partition coefficient (Wildman–Crippen LogP) is 1.71. The third-order valence-electron chi connectivity index (χ3n) is 4.22. The van der Waals surface area contributed by atoms with E-state index in [1.807, 2.05) is 0 Å². The summed E-state index contributed by atoms with van der Waals surface area (Å²) in [7, 11) is -1.49. The third-order valence-corrected chi connectivity index (χ3v) is 5.57. The Kier molecular flexibility index (Phi) is 4.82. The minimum Gasteiger partial charge on any atom is -0.486 e. The van der Waals surface area contributed by atoms with Gasteiger partial charge in [0, 0.05) is 16.7 Å². The molecule has 8 nitrogen and oxygen atoms in total. The molecule has 2 aromatic rings. The zero-order valence-corrected chi connectivity index (χ0v) is 15.4. The van der Waals surface area contributed by atoms with Gasteiger partial charge in [-0.3, -0.25) is 13.8 Å². The number of carbonyl (C=O) groups excluding carboxylic acids is 3. The highest BCUT2D eigenvalue weighted by Gasteiger charge is 2.38. The number of rotatable bonds is 5. The van der Waals surface area contributed by atoms with Crippen LogP contribution >= 0.6 is 0 Å². The summed E-state index contributed by atoms with van der Waals surface area (Å²) >= 11 is 0. The average molecular weight is 401 g/mol. The summed E-state index contributed by atoms with van der Waals surface area (Å²) in [6.07, 6.45) is -0.228. The Hall–Kier alpha value is -3.20. The van der Waals surface area contributed by atoms with Crippen molar-refractivity contribution >= 4 is 28.6 Å². The molecule has 144 valence electrons. The second-order valence-corrected chi connectivity index (χ2v) is 7.59. The number of fused-ring (bicyclic) bond motifs is 2. The maximum Gasteiger partial charge on any atom is 0.334 e. The van der Waals surface area contributed by atoms with Gasteiger partial charge in [0.15, 0.2) is 11.5 Å². The summed E-state index contributed by atoms with van der Waals surface area (Å²) in [6.45, 7) is 0.870. The smallest absolute Gasteiger partial charge is 0.334 e. The molecule has 28 heavy (non-hydrogen) atoms. The van der Waals surface area contributed by atoms with Crippen molar-refractivity contribution < 1.29 is 32.9 Å². The second kappa shape index (κ2) is 7.43. The molecule has 0 bridgehead atoms. The Morgan fingerprint density at radius 3 is 2.32 bits per heavy atom. The molecule has 0 saturated carbocycles. The van der Waals surface area contributed by atoms with Crippen LogP contribution in [0.25, 0.3) is 0 Å². The van der Waals surface area contributed by atoms with Crippen LogP contribution in [0.5, 0.6) is 11.5 Å². The Morgan fingerprint density at radius 2 is 1.64 bits per heavy atom. The van der Waals surface area contributed by atoms with Crippen LogP contribution in [0.3, 0.4) is 0 Å². The lowest BCUT2D eigenvalue weighted by atomic mass is 10.1. The van der Waals surface area contributed by atoms with E-state index in [4.69, 9.17) is 14.3 Å². The minimum atomic E-state index is -1.49. The molecule has 0 spiro atoms. The average Bonchev–Trinajstić information content (AvgIpc) is 2.97. The van der Waals surface area contributed by atoms with Gasteiger partial charge in [-0.15, -0.1) is 0 Å². The molecule has 9 heteroatoms. The van der Waals surface area contributed by atoms with Crippen molar-refractivity contribution in [2.75, 3.05) is 19.0 Å². The van der Waals surface area contributed by atoms with E-state index < -0.39 is 28.6 Å². The van der Waals surface area contributed by atoms with E-state index in [1.165, 1.54) is 12.1 Å². The third kappa shape index (κ3) is 3.36. The Morgan fingerprint density at radius 1 is 1.00 bits per heavy atom. The van der Waals surface area contributed by atoms with Gasteiger partial charge in [0.2, 0.25) is 0 Å². The number of ether oxygens (including phenoxy) is 2. The van der Waals surface area contributed by atoms with Crippen molar-refractivity contribution in [1.82, 2.24) is 5.06 Å². The lowest BCUT2D eigenvalue weighted by Crippen LogP contribution is -2.33. The maximum atomic E-state index is 12.4. The molecular formula is C19H15NO7S. The first-order chi connectivity index (χ1) is 13.5. The molecule has 2 aliphatic rings. The molecule has 1 atom stereocenters. The van der Waals surface area contributed by atoms with Gasteiger partial charge < -0.3 is 14.3 Å². The first-order valence-corrected chi connectivity index (χ1v) is 9.83. The minimum absolute atomic E-state index is 0.0261. The van der Waals surface area contributed by atoms with Crippen molar-refractivity contribution in [2.45, 2.75) is 11.3 Å². The molecule has 2 heterocycles. The maximum absolute atomic E-state index is 12.4. The highest BCUT2D eigenvalue weighted by molar-refractivity contribution is 7.85. The van der Waals surface area contributed by atoms with Gasteiger partial charge in [0.1, 0.15) is 13.2 Å². The first-order valence-electron chi connectivity index (χ1n) is 8.51. The fraction of sp³-hybridized carbons (Fsp3) is 0.211. The van der Waals surface area contributed by atoms with Crippen LogP contribution in [0.15, 0.2) is 47.4 Å². The number of imide groups is 1. The number of hydrogen-bond acceptors (Lipinski definition) is 7. The zero-order valence-electron chi connectivity index (χ0n) is 14.6. The van der Waals surface area contributed by atoms with Crippen molar-refractivity contribution in [1.29, 1.82) is 0 Å². The van der Waals surface area contributed by atoms with Gasteiger partial charge in [0.05, 0.1) is 28.3 Å². The molecule has 0 radical (unpaired) electrons. The van der Waals surface area contributed by atoms with E-state index in [0.717, 1.165) is 0 Å². The fourth-order valence-corrected chi connectivity index (χ4v) is 3.90. The Bertz CT molecular complexity index is 969. The summed E-state index contributed by atoms with van der Waals surface area (Å²) < 4.78 is 23.3. The summed E-state index contributed by atoms with van der Waals surface area (Å²) in [5, 5.41) is 0.444. The normalized spacial score (nSPS) is 15.9. The quantitative estimate of drug-likeness (QED) is 0.703. The topological polar surface area (TPSA) is 99.2 Å². The molecule has 0 fully saturated rings. The van der Waals surface area contributed by atoms with Crippen molar-refractivity contribution in [3.05, 3.63) is 53.6 Å². The van der Waals surface area contributed by atoms with E-state index in [9.17, 15) is 18.6 Å². The van der Waals surface area contributed by atoms with Crippen molar-refractivity contribution in [3.8, 4) is 11.5 Å². The molecule has 0 saturated heterocycles. The summed E-state index contributed by atoms with van der Waals surface area (Å²) in [5.74, 6) is -1.14. The van der Waals surface area contributed by atoms with E-state index in [2.05, 4.69) is 0 Å². The zero-order chi connectivity index (χ0) is 19.7. The highest BCUT2D eigenvalue weighted by atomic mass is 32.2. The van der Waals surface area contributed by atoms with Gasteiger partial charge in [-0.25, -0.2) is 4.79 Å². The molecule has 4 rings (SSSR count). The van der Waals surface area contributed by atoms with Crippen LogP contribution in [-0.2, 0) is 20.4 Å². The van der Waals surface area contributed by atoms with Crippen molar-refractivity contribution in [2.24, 2.45) is 0 Å². The van der Waals surface area contributed by atoms with Crippen molar-refractivity contribution in [3.63, 3.8) is 0 Å². The molecule has 0 aromatic heterocycles. The molecule has 2 aliphatic heterocycles. The SMILES string of the molecule is O=C(CCS(=O)c1ccc2c(c1)OCCO2)ON1C(=O)c2ccccc2C1=O. The van der Waals surface area contributed by atoms with E-state index in [1.54, 1.807) is 30.3 Å². The monoisotopic (exact) mass is 401 g/mol. The molecule has 0 aliphatic carbocycles. The Labute approximate surface area is 162 Å². The van der Waals surface area contributed by atoms with Gasteiger partial charge in [-0.05, 0) is 24.3 Å². The summed E-state index contributed by atoms with van der Waals surface area (Å²) in [4.78, 5) is 41.8. The van der Waals surface area contributed by atoms with E-state index in [0.29, 0.717) is 34.7 Å². The number of benzene rings is 2. The van der Waals surface area contributed by atoms with Gasteiger partial charge in [-0.2, -0.15) is 0 Å². The van der Waals surface area contributed by atoms with Crippen LogP contribution in [-0.4, -0.2) is 46.0 Å². The van der Waals surface area contributed by atoms with E-state index >= 15 is 0 Å². The number of nitrogens with zero attached hydrogens (tertiary/aromatic N) is 1. The molecule has 1 unspecified atom stereocenters. The van der Waals surface area contributed by atoms with Crippen LogP contribution in [0.2, 0.25) is 0 Å². The number of amides is 2. The molecule has 2 amide bonds. The first kappa shape index (κ1) is 18.2. The predicted molar refractivity (Wildman–Crippen MR) is 96.4 cm³/mol. The summed E-state index contributed by atoms with van der Waals surface area (Å²) in [5.41, 5.74) is 0.361.